The Kier molecular flexibility index (Phi) is 4.21. The highest BCUT2D eigenvalue weighted by atomic mass is 32.1. The second kappa shape index (κ2) is 6.54. The number of anilines is 2. The molecule has 130 valence electrons. The highest BCUT2D eigenvalue weighted by molar-refractivity contribution is 7.17. The Labute approximate surface area is 157 Å². The van der Waals surface area contributed by atoms with Gasteiger partial charge < -0.3 is 5.32 Å². The van der Waals surface area contributed by atoms with Crippen LogP contribution in [0, 0.1) is 27.7 Å². The number of benzene rings is 2. The van der Waals surface area contributed by atoms with Crippen molar-refractivity contribution in [3.63, 3.8) is 0 Å². The second-order valence-corrected chi connectivity index (χ2v) is 7.73. The Morgan fingerprint density at radius 1 is 0.808 bits per heavy atom. The summed E-state index contributed by atoms with van der Waals surface area (Å²) in [6.07, 6.45) is 1.63. The molecule has 0 aliphatic heterocycles. The van der Waals surface area contributed by atoms with Crippen LogP contribution in [0.4, 0.5) is 11.5 Å². The van der Waals surface area contributed by atoms with Crippen LogP contribution in [0.25, 0.3) is 21.3 Å². The van der Waals surface area contributed by atoms with Gasteiger partial charge >= 0.3 is 0 Å². The summed E-state index contributed by atoms with van der Waals surface area (Å²) in [6.45, 7) is 8.50. The number of nitrogens with one attached hydrogen (secondary N) is 1. The minimum atomic E-state index is 0.858. The second-order valence-electron chi connectivity index (χ2n) is 6.87. The predicted octanol–water partition coefficient (Wildman–Crippen LogP) is 6.34. The van der Waals surface area contributed by atoms with Crippen LogP contribution in [0.1, 0.15) is 22.3 Å². The van der Waals surface area contributed by atoms with Gasteiger partial charge in [-0.25, -0.2) is 9.97 Å². The van der Waals surface area contributed by atoms with Crippen molar-refractivity contribution in [1.29, 1.82) is 0 Å². The van der Waals surface area contributed by atoms with E-state index in [1.54, 1.807) is 17.7 Å². The Bertz CT molecular complexity index is 1090. The topological polar surface area (TPSA) is 37.8 Å². The highest BCUT2D eigenvalue weighted by Gasteiger charge is 2.15. The molecular weight excluding hydrogens is 338 g/mol. The molecule has 2 aromatic heterocycles. The van der Waals surface area contributed by atoms with Crippen molar-refractivity contribution in [3.05, 3.63) is 70.4 Å². The SMILES string of the molecule is Cc1cc(C)cc(Nc2ncnc3scc(-c4ccc(C)cc4C)c23)c1. The fraction of sp³-hybridized carbons (Fsp3) is 0.182. The van der Waals surface area contributed by atoms with E-state index in [2.05, 4.69) is 84.8 Å². The van der Waals surface area contributed by atoms with Gasteiger partial charge in [0.2, 0.25) is 0 Å². The van der Waals surface area contributed by atoms with Crippen LogP contribution in [0.5, 0.6) is 0 Å². The lowest BCUT2D eigenvalue weighted by Crippen LogP contribution is -1.97. The van der Waals surface area contributed by atoms with E-state index in [0.29, 0.717) is 0 Å². The Morgan fingerprint density at radius 3 is 2.31 bits per heavy atom. The maximum Gasteiger partial charge on any atom is 0.143 e. The van der Waals surface area contributed by atoms with Gasteiger partial charge in [0, 0.05) is 16.6 Å². The first-order valence-corrected chi connectivity index (χ1v) is 9.54. The fourth-order valence-electron chi connectivity index (χ4n) is 3.47. The zero-order chi connectivity index (χ0) is 18.3. The van der Waals surface area contributed by atoms with Crippen molar-refractivity contribution >= 4 is 33.1 Å². The summed E-state index contributed by atoms with van der Waals surface area (Å²) in [6, 6.07) is 13.0. The molecular formula is C22H21N3S. The molecule has 0 aliphatic carbocycles. The van der Waals surface area contributed by atoms with Gasteiger partial charge in [0.1, 0.15) is 17.0 Å². The lowest BCUT2D eigenvalue weighted by atomic mass is 9.99. The summed E-state index contributed by atoms with van der Waals surface area (Å²) in [5.74, 6) is 0.858. The first kappa shape index (κ1) is 16.7. The van der Waals surface area contributed by atoms with Crippen molar-refractivity contribution in [1.82, 2.24) is 9.97 Å². The Balaban J connectivity index is 1.87. The number of aryl methyl sites for hydroxylation is 4. The minimum Gasteiger partial charge on any atom is -0.340 e. The smallest absolute Gasteiger partial charge is 0.143 e. The van der Waals surface area contributed by atoms with E-state index in [1.807, 2.05) is 0 Å². The number of thiophene rings is 1. The minimum absolute atomic E-state index is 0.858. The molecule has 2 aromatic carbocycles. The van der Waals surface area contributed by atoms with Gasteiger partial charge in [0.15, 0.2) is 0 Å². The largest absolute Gasteiger partial charge is 0.340 e. The van der Waals surface area contributed by atoms with Crippen molar-refractivity contribution in [3.8, 4) is 11.1 Å². The molecule has 0 fully saturated rings. The van der Waals surface area contributed by atoms with Crippen LogP contribution in [-0.2, 0) is 0 Å². The molecule has 0 radical (unpaired) electrons. The molecule has 0 aliphatic rings. The van der Waals surface area contributed by atoms with E-state index in [1.165, 1.54) is 33.4 Å². The molecule has 2 heterocycles. The summed E-state index contributed by atoms with van der Waals surface area (Å²) >= 11 is 1.66. The molecule has 0 bridgehead atoms. The third-order valence-corrected chi connectivity index (χ3v) is 5.41. The Morgan fingerprint density at radius 2 is 1.58 bits per heavy atom. The van der Waals surface area contributed by atoms with Crippen molar-refractivity contribution in [2.45, 2.75) is 27.7 Å². The predicted molar refractivity (Wildman–Crippen MR) is 112 cm³/mol. The fourth-order valence-corrected chi connectivity index (χ4v) is 4.37. The lowest BCUT2D eigenvalue weighted by Gasteiger charge is -2.11. The number of hydrogen-bond acceptors (Lipinski definition) is 4. The van der Waals surface area contributed by atoms with Crippen LogP contribution in [-0.4, -0.2) is 9.97 Å². The first-order chi connectivity index (χ1) is 12.5. The molecule has 3 nitrogen and oxygen atoms in total. The molecule has 0 saturated heterocycles. The molecule has 4 aromatic rings. The third kappa shape index (κ3) is 3.08. The molecule has 0 amide bonds. The van der Waals surface area contributed by atoms with Crippen LogP contribution in [0.15, 0.2) is 48.1 Å². The Hall–Kier alpha value is -2.72. The van der Waals surface area contributed by atoms with Crippen molar-refractivity contribution in [2.75, 3.05) is 5.32 Å². The quantitative estimate of drug-likeness (QED) is 0.464. The maximum atomic E-state index is 4.55. The van der Waals surface area contributed by atoms with Crippen molar-refractivity contribution in [2.24, 2.45) is 0 Å². The summed E-state index contributed by atoms with van der Waals surface area (Å²) in [7, 11) is 0. The van der Waals surface area contributed by atoms with E-state index in [-0.39, 0.29) is 0 Å². The number of fused-ring (bicyclic) bond motifs is 1. The summed E-state index contributed by atoms with van der Waals surface area (Å²) in [4.78, 5) is 10.0. The molecule has 0 atom stereocenters. The van der Waals surface area contributed by atoms with Crippen LogP contribution >= 0.6 is 11.3 Å². The van der Waals surface area contributed by atoms with E-state index in [9.17, 15) is 0 Å². The van der Waals surface area contributed by atoms with Gasteiger partial charge in [0.05, 0.1) is 5.39 Å². The van der Waals surface area contributed by atoms with Crippen LogP contribution in [0.2, 0.25) is 0 Å². The van der Waals surface area contributed by atoms with Crippen LogP contribution < -0.4 is 5.32 Å². The number of nitrogens with zero attached hydrogens (tertiary/aromatic N) is 2. The normalized spacial score (nSPS) is 11.1. The molecule has 1 N–H and O–H groups in total. The lowest BCUT2D eigenvalue weighted by molar-refractivity contribution is 1.23. The van der Waals surface area contributed by atoms with E-state index >= 15 is 0 Å². The van der Waals surface area contributed by atoms with E-state index < -0.39 is 0 Å². The molecule has 0 unspecified atom stereocenters. The first-order valence-electron chi connectivity index (χ1n) is 8.66. The number of aromatic nitrogens is 2. The standard InChI is InChI=1S/C22H21N3S/c1-13-5-6-18(16(4)8-13)19-11-26-22-20(19)21(23-12-24-22)25-17-9-14(2)7-15(3)10-17/h5-12H,1-4H3,(H,23,24,25). The zero-order valence-corrected chi connectivity index (χ0v) is 16.2. The van der Waals surface area contributed by atoms with Gasteiger partial charge in [0.25, 0.3) is 0 Å². The highest BCUT2D eigenvalue weighted by Crippen LogP contribution is 2.38. The van der Waals surface area contributed by atoms with Crippen LogP contribution in [0.3, 0.4) is 0 Å². The zero-order valence-electron chi connectivity index (χ0n) is 15.4. The van der Waals surface area contributed by atoms with E-state index in [4.69, 9.17) is 0 Å². The average molecular weight is 359 g/mol. The molecule has 26 heavy (non-hydrogen) atoms. The molecule has 0 saturated carbocycles. The maximum absolute atomic E-state index is 4.55. The molecule has 4 rings (SSSR count). The van der Waals surface area contributed by atoms with Gasteiger partial charge in [-0.05, 0) is 62.1 Å². The van der Waals surface area contributed by atoms with Crippen molar-refractivity contribution < 1.29 is 0 Å². The summed E-state index contributed by atoms with van der Waals surface area (Å²) in [5.41, 5.74) is 8.49. The van der Waals surface area contributed by atoms with Gasteiger partial charge in [-0.1, -0.05) is 29.8 Å². The van der Waals surface area contributed by atoms with E-state index in [0.717, 1.165) is 21.7 Å². The molecule has 4 heteroatoms. The summed E-state index contributed by atoms with van der Waals surface area (Å²) < 4.78 is 0. The number of hydrogen-bond donors (Lipinski definition) is 1. The number of rotatable bonds is 3. The van der Waals surface area contributed by atoms with Gasteiger partial charge in [-0.2, -0.15) is 0 Å². The monoisotopic (exact) mass is 359 g/mol. The average Bonchev–Trinajstić information content (AvgIpc) is 2.99. The third-order valence-electron chi connectivity index (χ3n) is 4.53. The molecule has 0 spiro atoms. The van der Waals surface area contributed by atoms with Gasteiger partial charge in [-0.15, -0.1) is 11.3 Å². The summed E-state index contributed by atoms with van der Waals surface area (Å²) in [5, 5.41) is 6.78. The van der Waals surface area contributed by atoms with Gasteiger partial charge in [-0.3, -0.25) is 0 Å².